The van der Waals surface area contributed by atoms with Crippen LogP contribution in [0.2, 0.25) is 0 Å². The average Bonchev–Trinajstić information content (AvgIpc) is 2.80. The van der Waals surface area contributed by atoms with Crippen LogP contribution in [0.3, 0.4) is 0 Å². The van der Waals surface area contributed by atoms with Gasteiger partial charge in [-0.1, -0.05) is 6.07 Å². The lowest BCUT2D eigenvalue weighted by molar-refractivity contribution is -0.141. The van der Waals surface area contributed by atoms with Crippen LogP contribution >= 0.6 is 0 Å². The van der Waals surface area contributed by atoms with Gasteiger partial charge in [0, 0.05) is 12.2 Å². The van der Waals surface area contributed by atoms with Gasteiger partial charge in [-0.15, -0.1) is 0 Å². The van der Waals surface area contributed by atoms with E-state index in [4.69, 9.17) is 4.74 Å². The zero-order chi connectivity index (χ0) is 12.4. The van der Waals surface area contributed by atoms with Gasteiger partial charge in [-0.2, -0.15) is 0 Å². The first-order valence-corrected chi connectivity index (χ1v) is 6.05. The monoisotopic (exact) mass is 233 g/mol. The molecule has 1 aromatic rings. The fourth-order valence-electron chi connectivity index (χ4n) is 2.36. The SMILES string of the molecule is COC(=O)C1CCCN1c1ccc(C)c(C)c1. The van der Waals surface area contributed by atoms with Gasteiger partial charge in [0.05, 0.1) is 7.11 Å². The molecule has 0 amide bonds. The second-order valence-electron chi connectivity index (χ2n) is 4.64. The molecule has 0 N–H and O–H groups in total. The van der Waals surface area contributed by atoms with Crippen LogP contribution < -0.4 is 4.90 Å². The molecule has 1 aliphatic rings. The van der Waals surface area contributed by atoms with Crippen LogP contribution in [0.25, 0.3) is 0 Å². The number of carbonyl (C=O) groups is 1. The summed E-state index contributed by atoms with van der Waals surface area (Å²) in [5.74, 6) is -0.124. The summed E-state index contributed by atoms with van der Waals surface area (Å²) in [4.78, 5) is 13.8. The number of esters is 1. The summed E-state index contributed by atoms with van der Waals surface area (Å²) in [5.41, 5.74) is 3.67. The molecule has 0 spiro atoms. The van der Waals surface area contributed by atoms with E-state index in [1.807, 2.05) is 0 Å². The highest BCUT2D eigenvalue weighted by molar-refractivity contribution is 5.80. The summed E-state index contributed by atoms with van der Waals surface area (Å²) in [6.45, 7) is 5.13. The summed E-state index contributed by atoms with van der Waals surface area (Å²) < 4.78 is 4.86. The third-order valence-electron chi connectivity index (χ3n) is 3.55. The molecular weight excluding hydrogens is 214 g/mol. The number of benzene rings is 1. The van der Waals surface area contributed by atoms with E-state index in [-0.39, 0.29) is 12.0 Å². The van der Waals surface area contributed by atoms with Crippen molar-refractivity contribution < 1.29 is 9.53 Å². The van der Waals surface area contributed by atoms with Gasteiger partial charge in [-0.05, 0) is 49.9 Å². The molecule has 1 aliphatic heterocycles. The highest BCUT2D eigenvalue weighted by Crippen LogP contribution is 2.27. The molecular formula is C14H19NO2. The Morgan fingerprint density at radius 1 is 1.35 bits per heavy atom. The number of anilines is 1. The molecule has 17 heavy (non-hydrogen) atoms. The minimum absolute atomic E-state index is 0.109. The first-order chi connectivity index (χ1) is 8.13. The van der Waals surface area contributed by atoms with Gasteiger partial charge in [-0.25, -0.2) is 4.79 Å². The number of aryl methyl sites for hydroxylation is 2. The fraction of sp³-hybridized carbons (Fsp3) is 0.500. The summed E-state index contributed by atoms with van der Waals surface area (Å²) in [7, 11) is 1.46. The van der Waals surface area contributed by atoms with Crippen LogP contribution in [0.15, 0.2) is 18.2 Å². The third kappa shape index (κ3) is 2.28. The lowest BCUT2D eigenvalue weighted by Gasteiger charge is -2.25. The molecule has 0 aliphatic carbocycles. The Hall–Kier alpha value is -1.51. The van der Waals surface area contributed by atoms with E-state index in [0.717, 1.165) is 25.1 Å². The van der Waals surface area contributed by atoms with Gasteiger partial charge in [0.25, 0.3) is 0 Å². The molecule has 3 heteroatoms. The molecule has 92 valence electrons. The molecule has 0 bridgehead atoms. The quantitative estimate of drug-likeness (QED) is 0.735. The first kappa shape index (κ1) is 12.0. The highest BCUT2D eigenvalue weighted by Gasteiger charge is 2.31. The van der Waals surface area contributed by atoms with Crippen molar-refractivity contribution >= 4 is 11.7 Å². The van der Waals surface area contributed by atoms with E-state index < -0.39 is 0 Å². The standard InChI is InChI=1S/C14H19NO2/c1-10-6-7-12(9-11(10)2)15-8-4-5-13(15)14(16)17-3/h6-7,9,13H,4-5,8H2,1-3H3. The second-order valence-corrected chi connectivity index (χ2v) is 4.64. The van der Waals surface area contributed by atoms with Gasteiger partial charge in [0.2, 0.25) is 0 Å². The lowest BCUT2D eigenvalue weighted by Crippen LogP contribution is -2.36. The van der Waals surface area contributed by atoms with Crippen LogP contribution in [0.1, 0.15) is 24.0 Å². The molecule has 1 saturated heterocycles. The number of rotatable bonds is 2. The predicted octanol–water partition coefficient (Wildman–Crippen LogP) is 2.45. The van der Waals surface area contributed by atoms with Crippen LogP contribution in [0, 0.1) is 13.8 Å². The topological polar surface area (TPSA) is 29.5 Å². The Kier molecular flexibility index (Phi) is 3.36. The van der Waals surface area contributed by atoms with Crippen molar-refractivity contribution in [2.75, 3.05) is 18.6 Å². The van der Waals surface area contributed by atoms with E-state index in [1.54, 1.807) is 0 Å². The van der Waals surface area contributed by atoms with Crippen molar-refractivity contribution in [3.8, 4) is 0 Å². The second kappa shape index (κ2) is 4.78. The summed E-state index contributed by atoms with van der Waals surface area (Å²) in [6.07, 6.45) is 1.94. The van der Waals surface area contributed by atoms with E-state index in [2.05, 4.69) is 36.9 Å². The van der Waals surface area contributed by atoms with E-state index >= 15 is 0 Å². The minimum atomic E-state index is -0.124. The average molecular weight is 233 g/mol. The molecule has 2 rings (SSSR count). The van der Waals surface area contributed by atoms with E-state index in [1.165, 1.54) is 18.2 Å². The number of carbonyl (C=O) groups excluding carboxylic acids is 1. The van der Waals surface area contributed by atoms with Gasteiger partial charge in [0.15, 0.2) is 0 Å². The van der Waals surface area contributed by atoms with Crippen LogP contribution in [0.5, 0.6) is 0 Å². The Morgan fingerprint density at radius 3 is 2.76 bits per heavy atom. The number of ether oxygens (including phenoxy) is 1. The Labute approximate surface area is 102 Å². The zero-order valence-corrected chi connectivity index (χ0v) is 10.7. The highest BCUT2D eigenvalue weighted by atomic mass is 16.5. The van der Waals surface area contributed by atoms with Gasteiger partial charge in [0.1, 0.15) is 6.04 Å². The number of hydrogen-bond donors (Lipinski definition) is 0. The van der Waals surface area contributed by atoms with Gasteiger partial charge >= 0.3 is 5.97 Å². The van der Waals surface area contributed by atoms with Crippen molar-refractivity contribution in [2.24, 2.45) is 0 Å². The Bertz CT molecular complexity index is 428. The van der Waals surface area contributed by atoms with Crippen molar-refractivity contribution in [2.45, 2.75) is 32.7 Å². The van der Waals surface area contributed by atoms with Crippen molar-refractivity contribution in [3.63, 3.8) is 0 Å². The number of hydrogen-bond acceptors (Lipinski definition) is 3. The minimum Gasteiger partial charge on any atom is -0.467 e. The molecule has 3 nitrogen and oxygen atoms in total. The zero-order valence-electron chi connectivity index (χ0n) is 10.7. The smallest absolute Gasteiger partial charge is 0.328 e. The molecule has 0 radical (unpaired) electrons. The summed E-state index contributed by atoms with van der Waals surface area (Å²) in [5, 5.41) is 0. The van der Waals surface area contributed by atoms with Crippen molar-refractivity contribution in [1.29, 1.82) is 0 Å². The Balaban J connectivity index is 2.26. The summed E-state index contributed by atoms with van der Waals surface area (Å²) in [6, 6.07) is 6.24. The van der Waals surface area contributed by atoms with E-state index in [9.17, 15) is 4.79 Å². The number of methoxy groups -OCH3 is 1. The van der Waals surface area contributed by atoms with Crippen LogP contribution in [-0.4, -0.2) is 25.7 Å². The fourth-order valence-corrected chi connectivity index (χ4v) is 2.36. The van der Waals surface area contributed by atoms with Crippen LogP contribution in [0.4, 0.5) is 5.69 Å². The van der Waals surface area contributed by atoms with Crippen molar-refractivity contribution in [3.05, 3.63) is 29.3 Å². The number of nitrogens with zero attached hydrogens (tertiary/aromatic N) is 1. The predicted molar refractivity (Wildman–Crippen MR) is 68.3 cm³/mol. The molecule has 1 atom stereocenters. The molecule has 1 heterocycles. The molecule has 1 aromatic carbocycles. The first-order valence-electron chi connectivity index (χ1n) is 6.05. The Morgan fingerprint density at radius 2 is 2.12 bits per heavy atom. The third-order valence-corrected chi connectivity index (χ3v) is 3.55. The van der Waals surface area contributed by atoms with E-state index in [0.29, 0.717) is 0 Å². The maximum absolute atomic E-state index is 11.7. The summed E-state index contributed by atoms with van der Waals surface area (Å²) >= 11 is 0. The van der Waals surface area contributed by atoms with Crippen molar-refractivity contribution in [1.82, 2.24) is 0 Å². The van der Waals surface area contributed by atoms with Crippen LogP contribution in [-0.2, 0) is 9.53 Å². The normalized spacial score (nSPS) is 19.5. The van der Waals surface area contributed by atoms with Gasteiger partial charge in [-0.3, -0.25) is 0 Å². The maximum atomic E-state index is 11.7. The maximum Gasteiger partial charge on any atom is 0.328 e. The largest absolute Gasteiger partial charge is 0.467 e. The molecule has 1 unspecified atom stereocenters. The van der Waals surface area contributed by atoms with Gasteiger partial charge < -0.3 is 9.64 Å². The molecule has 0 saturated carbocycles. The molecule has 1 fully saturated rings. The molecule has 0 aromatic heterocycles. The lowest BCUT2D eigenvalue weighted by atomic mass is 10.1.